The zero-order valence-electron chi connectivity index (χ0n) is 12.3. The van der Waals surface area contributed by atoms with E-state index in [0.717, 1.165) is 21.7 Å². The Morgan fingerprint density at radius 3 is 2.71 bits per heavy atom. The Balaban J connectivity index is 2.01. The lowest BCUT2D eigenvalue weighted by Gasteiger charge is -2.20. The third-order valence-electron chi connectivity index (χ3n) is 3.93. The molecule has 1 aromatic carbocycles. The monoisotopic (exact) mass is 308 g/mol. The molecule has 0 saturated carbocycles. The summed E-state index contributed by atoms with van der Waals surface area (Å²) in [7, 11) is 1.64. The number of ether oxygens (including phenoxy) is 2. The quantitative estimate of drug-likeness (QED) is 0.871. The number of benzene rings is 1. The van der Waals surface area contributed by atoms with Crippen LogP contribution in [-0.2, 0) is 15.1 Å². The zero-order chi connectivity index (χ0) is 15.0. The second kappa shape index (κ2) is 5.40. The number of halogens is 1. The minimum Gasteiger partial charge on any atom is -0.417 e. The Kier molecular flexibility index (Phi) is 3.73. The maximum Gasteiger partial charge on any atom is 0.251 e. The first-order valence-corrected chi connectivity index (χ1v) is 7.17. The predicted molar refractivity (Wildman–Crippen MR) is 78.3 cm³/mol. The molecule has 0 aliphatic carbocycles. The standard InChI is InChI=1S/C15H17ClN2O3/c1-9-7-12(16)10(2)6-11(9)13-17-18-14(21-13)15(19-3)4-5-20-8-15/h6-7H,4-5,8H2,1-3H3. The molecular formula is C15H17ClN2O3. The van der Waals surface area contributed by atoms with Gasteiger partial charge in [-0.2, -0.15) is 0 Å². The Hall–Kier alpha value is -1.43. The van der Waals surface area contributed by atoms with Crippen molar-refractivity contribution in [3.8, 4) is 11.5 Å². The molecule has 2 heterocycles. The van der Waals surface area contributed by atoms with Gasteiger partial charge in [0.15, 0.2) is 5.60 Å². The Morgan fingerprint density at radius 2 is 2.05 bits per heavy atom. The van der Waals surface area contributed by atoms with Crippen LogP contribution < -0.4 is 0 Å². The van der Waals surface area contributed by atoms with Gasteiger partial charge < -0.3 is 13.9 Å². The highest BCUT2D eigenvalue weighted by molar-refractivity contribution is 6.31. The van der Waals surface area contributed by atoms with Gasteiger partial charge in [-0.1, -0.05) is 11.6 Å². The molecule has 1 fully saturated rings. The van der Waals surface area contributed by atoms with Crippen molar-refractivity contribution in [2.24, 2.45) is 0 Å². The summed E-state index contributed by atoms with van der Waals surface area (Å²) >= 11 is 6.12. The maximum atomic E-state index is 6.12. The SMILES string of the molecule is COC1(c2nnc(-c3cc(C)c(Cl)cc3C)o2)CCOC1. The molecule has 0 spiro atoms. The van der Waals surface area contributed by atoms with Gasteiger partial charge in [0.1, 0.15) is 0 Å². The van der Waals surface area contributed by atoms with Gasteiger partial charge >= 0.3 is 0 Å². The number of rotatable bonds is 3. The van der Waals surface area contributed by atoms with Crippen LogP contribution in [0.3, 0.4) is 0 Å². The van der Waals surface area contributed by atoms with Gasteiger partial charge in [-0.3, -0.25) is 0 Å². The second-order valence-electron chi connectivity index (χ2n) is 5.33. The molecule has 1 aliphatic heterocycles. The fourth-order valence-corrected chi connectivity index (χ4v) is 2.71. The van der Waals surface area contributed by atoms with Crippen molar-refractivity contribution < 1.29 is 13.9 Å². The molecule has 112 valence electrons. The highest BCUT2D eigenvalue weighted by Gasteiger charge is 2.42. The molecular weight excluding hydrogens is 292 g/mol. The maximum absolute atomic E-state index is 6.12. The van der Waals surface area contributed by atoms with E-state index in [1.54, 1.807) is 7.11 Å². The second-order valence-corrected chi connectivity index (χ2v) is 5.74. The van der Waals surface area contributed by atoms with Crippen molar-refractivity contribution in [1.82, 2.24) is 10.2 Å². The smallest absolute Gasteiger partial charge is 0.251 e. The van der Waals surface area contributed by atoms with E-state index in [0.29, 0.717) is 31.4 Å². The van der Waals surface area contributed by atoms with Crippen LogP contribution in [0.4, 0.5) is 0 Å². The van der Waals surface area contributed by atoms with Crippen LogP contribution in [0.5, 0.6) is 0 Å². The lowest BCUT2D eigenvalue weighted by molar-refractivity contribution is -0.0407. The van der Waals surface area contributed by atoms with Crippen molar-refractivity contribution in [2.75, 3.05) is 20.3 Å². The summed E-state index contributed by atoms with van der Waals surface area (Å²) in [5, 5.41) is 9.05. The lowest BCUT2D eigenvalue weighted by atomic mass is 10.0. The third-order valence-corrected chi connectivity index (χ3v) is 4.33. The zero-order valence-corrected chi connectivity index (χ0v) is 13.0. The summed E-state index contributed by atoms with van der Waals surface area (Å²) in [5.74, 6) is 0.940. The van der Waals surface area contributed by atoms with E-state index < -0.39 is 5.60 Å². The van der Waals surface area contributed by atoms with Crippen LogP contribution in [-0.4, -0.2) is 30.5 Å². The van der Waals surface area contributed by atoms with Crippen LogP contribution in [0, 0.1) is 13.8 Å². The predicted octanol–water partition coefficient (Wildman–Crippen LogP) is 3.27. The van der Waals surface area contributed by atoms with E-state index in [4.69, 9.17) is 25.5 Å². The molecule has 5 nitrogen and oxygen atoms in total. The van der Waals surface area contributed by atoms with Crippen molar-refractivity contribution >= 4 is 11.6 Å². The normalized spacial score (nSPS) is 21.9. The highest BCUT2D eigenvalue weighted by atomic mass is 35.5. The fourth-order valence-electron chi connectivity index (χ4n) is 2.49. The van der Waals surface area contributed by atoms with Crippen LogP contribution >= 0.6 is 11.6 Å². The number of hydrogen-bond acceptors (Lipinski definition) is 5. The number of methoxy groups -OCH3 is 1. The van der Waals surface area contributed by atoms with E-state index >= 15 is 0 Å². The first-order valence-electron chi connectivity index (χ1n) is 6.80. The largest absolute Gasteiger partial charge is 0.417 e. The first-order chi connectivity index (χ1) is 10.1. The molecule has 1 saturated heterocycles. The fraction of sp³-hybridized carbons (Fsp3) is 0.467. The van der Waals surface area contributed by atoms with E-state index in [-0.39, 0.29) is 0 Å². The molecule has 0 bridgehead atoms. The van der Waals surface area contributed by atoms with Crippen molar-refractivity contribution in [2.45, 2.75) is 25.9 Å². The molecule has 0 N–H and O–H groups in total. The lowest BCUT2D eigenvalue weighted by Crippen LogP contribution is -2.29. The van der Waals surface area contributed by atoms with Crippen LogP contribution in [0.2, 0.25) is 5.02 Å². The van der Waals surface area contributed by atoms with Gasteiger partial charge in [0.2, 0.25) is 5.89 Å². The van der Waals surface area contributed by atoms with Crippen LogP contribution in [0.1, 0.15) is 23.4 Å². The minimum absolute atomic E-state index is 0.434. The van der Waals surface area contributed by atoms with Crippen LogP contribution in [0.25, 0.3) is 11.5 Å². The van der Waals surface area contributed by atoms with E-state index in [1.807, 2.05) is 26.0 Å². The summed E-state index contributed by atoms with van der Waals surface area (Å²) < 4.78 is 16.8. The number of aryl methyl sites for hydroxylation is 2. The molecule has 21 heavy (non-hydrogen) atoms. The topological polar surface area (TPSA) is 57.4 Å². The molecule has 1 unspecified atom stereocenters. The average Bonchev–Trinajstić information content (AvgIpc) is 3.12. The van der Waals surface area contributed by atoms with Gasteiger partial charge in [-0.05, 0) is 37.1 Å². The summed E-state index contributed by atoms with van der Waals surface area (Å²) in [6.45, 7) is 4.98. The molecule has 1 aliphatic rings. The Labute approximate surface area is 128 Å². The van der Waals surface area contributed by atoms with Crippen molar-refractivity contribution in [3.05, 3.63) is 34.2 Å². The Morgan fingerprint density at radius 1 is 1.24 bits per heavy atom. The Bertz CT molecular complexity index is 663. The third kappa shape index (κ3) is 2.46. The summed E-state index contributed by atoms with van der Waals surface area (Å²) in [6.07, 6.45) is 0.712. The van der Waals surface area contributed by atoms with E-state index in [2.05, 4.69) is 10.2 Å². The summed E-state index contributed by atoms with van der Waals surface area (Å²) in [5.41, 5.74) is 2.24. The van der Waals surface area contributed by atoms with Gasteiger partial charge in [0.25, 0.3) is 5.89 Å². The number of aromatic nitrogens is 2. The molecule has 2 aromatic rings. The van der Waals surface area contributed by atoms with Gasteiger partial charge in [0, 0.05) is 24.1 Å². The highest BCUT2D eigenvalue weighted by Crippen LogP contribution is 2.35. The van der Waals surface area contributed by atoms with Crippen LogP contribution in [0.15, 0.2) is 16.5 Å². The van der Waals surface area contributed by atoms with Gasteiger partial charge in [-0.15, -0.1) is 10.2 Å². The molecule has 6 heteroatoms. The van der Waals surface area contributed by atoms with E-state index in [1.165, 1.54) is 0 Å². The van der Waals surface area contributed by atoms with Crippen molar-refractivity contribution in [1.29, 1.82) is 0 Å². The molecule has 1 atom stereocenters. The minimum atomic E-state index is -0.624. The number of nitrogens with zero attached hydrogens (tertiary/aromatic N) is 2. The van der Waals surface area contributed by atoms with Gasteiger partial charge in [-0.25, -0.2) is 0 Å². The first kappa shape index (κ1) is 14.5. The number of hydrogen-bond donors (Lipinski definition) is 0. The van der Waals surface area contributed by atoms with Gasteiger partial charge in [0.05, 0.1) is 13.2 Å². The van der Waals surface area contributed by atoms with Crippen molar-refractivity contribution in [3.63, 3.8) is 0 Å². The molecule has 0 amide bonds. The van der Waals surface area contributed by atoms with E-state index in [9.17, 15) is 0 Å². The molecule has 3 rings (SSSR count). The molecule has 1 aromatic heterocycles. The summed E-state index contributed by atoms with van der Waals surface area (Å²) in [6, 6.07) is 3.86. The summed E-state index contributed by atoms with van der Waals surface area (Å²) in [4.78, 5) is 0. The molecule has 0 radical (unpaired) electrons. The average molecular weight is 309 g/mol.